The largest absolute Gasteiger partial charge is 0.356 e. The van der Waals surface area contributed by atoms with Gasteiger partial charge < -0.3 is 14.7 Å². The van der Waals surface area contributed by atoms with E-state index in [1.54, 1.807) is 0 Å². The van der Waals surface area contributed by atoms with Crippen molar-refractivity contribution in [3.05, 3.63) is 47.2 Å². The zero-order chi connectivity index (χ0) is 20.3. The standard InChI is InChI=1S/C24H31N5O/c30-22(17-19-9-3-1-4-10-19)29-16-11-21-20(18-29)23(27-12-5-2-6-13-27)26-24(25-21)28-14-7-8-15-28/h1,3-4,9-10H,2,5-8,11-18H2. The number of rotatable bonds is 4. The highest BCUT2D eigenvalue weighted by molar-refractivity contribution is 5.79. The van der Waals surface area contributed by atoms with Crippen LogP contribution in [0.1, 0.15) is 48.9 Å². The van der Waals surface area contributed by atoms with E-state index in [2.05, 4.69) is 9.80 Å². The minimum absolute atomic E-state index is 0.195. The average Bonchev–Trinajstić information content (AvgIpc) is 3.34. The molecule has 0 spiro atoms. The number of benzene rings is 1. The fraction of sp³-hybridized carbons (Fsp3) is 0.542. The van der Waals surface area contributed by atoms with Crippen molar-refractivity contribution < 1.29 is 4.79 Å². The van der Waals surface area contributed by atoms with Gasteiger partial charge in [-0.15, -0.1) is 0 Å². The molecule has 30 heavy (non-hydrogen) atoms. The van der Waals surface area contributed by atoms with Gasteiger partial charge in [-0.05, 0) is 37.7 Å². The van der Waals surface area contributed by atoms with E-state index in [0.29, 0.717) is 13.0 Å². The summed E-state index contributed by atoms with van der Waals surface area (Å²) in [7, 11) is 0. The minimum atomic E-state index is 0.195. The van der Waals surface area contributed by atoms with E-state index in [1.807, 2.05) is 35.2 Å². The number of carbonyl (C=O) groups is 1. The smallest absolute Gasteiger partial charge is 0.227 e. The van der Waals surface area contributed by atoms with Crippen molar-refractivity contribution in [1.82, 2.24) is 14.9 Å². The lowest BCUT2D eigenvalue weighted by atomic mass is 10.0. The zero-order valence-corrected chi connectivity index (χ0v) is 17.7. The van der Waals surface area contributed by atoms with Crippen LogP contribution in [0.15, 0.2) is 30.3 Å². The third kappa shape index (κ3) is 4.00. The first kappa shape index (κ1) is 19.3. The Labute approximate surface area is 178 Å². The van der Waals surface area contributed by atoms with Crippen LogP contribution in [0, 0.1) is 0 Å². The first-order valence-corrected chi connectivity index (χ1v) is 11.5. The topological polar surface area (TPSA) is 52.6 Å². The second kappa shape index (κ2) is 8.62. The highest BCUT2D eigenvalue weighted by Gasteiger charge is 2.29. The summed E-state index contributed by atoms with van der Waals surface area (Å²) >= 11 is 0. The van der Waals surface area contributed by atoms with Crippen molar-refractivity contribution in [2.75, 3.05) is 42.5 Å². The summed E-state index contributed by atoms with van der Waals surface area (Å²) in [5.74, 6) is 2.18. The molecular formula is C24H31N5O. The van der Waals surface area contributed by atoms with E-state index in [4.69, 9.17) is 9.97 Å². The third-order valence-corrected chi connectivity index (χ3v) is 6.62. The molecule has 2 fully saturated rings. The molecule has 6 heteroatoms. The van der Waals surface area contributed by atoms with E-state index in [9.17, 15) is 4.79 Å². The Balaban J connectivity index is 1.42. The Bertz CT molecular complexity index is 888. The van der Waals surface area contributed by atoms with Crippen LogP contribution in [0.5, 0.6) is 0 Å². The van der Waals surface area contributed by atoms with Gasteiger partial charge >= 0.3 is 0 Å². The van der Waals surface area contributed by atoms with Gasteiger partial charge in [-0.2, -0.15) is 4.98 Å². The monoisotopic (exact) mass is 405 g/mol. The quantitative estimate of drug-likeness (QED) is 0.782. The molecule has 0 bridgehead atoms. The Kier molecular flexibility index (Phi) is 5.56. The fourth-order valence-electron chi connectivity index (χ4n) is 4.90. The molecule has 0 saturated carbocycles. The molecule has 4 heterocycles. The van der Waals surface area contributed by atoms with Crippen molar-refractivity contribution >= 4 is 17.7 Å². The highest BCUT2D eigenvalue weighted by Crippen LogP contribution is 2.31. The van der Waals surface area contributed by atoms with Crippen LogP contribution in [0.25, 0.3) is 0 Å². The second-order valence-electron chi connectivity index (χ2n) is 8.74. The van der Waals surface area contributed by atoms with Crippen molar-refractivity contribution in [3.63, 3.8) is 0 Å². The molecular weight excluding hydrogens is 374 g/mol. The maximum Gasteiger partial charge on any atom is 0.227 e. The summed E-state index contributed by atoms with van der Waals surface area (Å²) < 4.78 is 0. The summed E-state index contributed by atoms with van der Waals surface area (Å²) in [5.41, 5.74) is 3.40. The maximum atomic E-state index is 13.0. The van der Waals surface area contributed by atoms with Gasteiger partial charge in [-0.3, -0.25) is 4.79 Å². The van der Waals surface area contributed by atoms with E-state index in [1.165, 1.54) is 37.7 Å². The Morgan fingerprint density at radius 2 is 1.53 bits per heavy atom. The van der Waals surface area contributed by atoms with Gasteiger partial charge in [-0.1, -0.05) is 30.3 Å². The first-order chi connectivity index (χ1) is 14.8. The third-order valence-electron chi connectivity index (χ3n) is 6.62. The average molecular weight is 406 g/mol. The maximum absolute atomic E-state index is 13.0. The number of fused-ring (bicyclic) bond motifs is 1. The van der Waals surface area contributed by atoms with Gasteiger partial charge in [0.15, 0.2) is 0 Å². The predicted molar refractivity (Wildman–Crippen MR) is 119 cm³/mol. The fourth-order valence-corrected chi connectivity index (χ4v) is 4.90. The van der Waals surface area contributed by atoms with E-state index in [0.717, 1.165) is 62.2 Å². The SMILES string of the molecule is O=C(Cc1ccccc1)N1CCc2nc(N3CCCC3)nc(N3CCCCC3)c2C1. The number of carbonyl (C=O) groups excluding carboxylic acids is 1. The van der Waals surface area contributed by atoms with Crippen LogP contribution in [-0.2, 0) is 24.2 Å². The Morgan fingerprint density at radius 1 is 0.833 bits per heavy atom. The van der Waals surface area contributed by atoms with Crippen LogP contribution in [0.3, 0.4) is 0 Å². The zero-order valence-electron chi connectivity index (χ0n) is 17.7. The van der Waals surface area contributed by atoms with Gasteiger partial charge in [0.25, 0.3) is 0 Å². The van der Waals surface area contributed by atoms with Crippen LogP contribution in [0.2, 0.25) is 0 Å². The molecule has 2 saturated heterocycles. The first-order valence-electron chi connectivity index (χ1n) is 11.5. The summed E-state index contributed by atoms with van der Waals surface area (Å²) in [5, 5.41) is 0. The lowest BCUT2D eigenvalue weighted by Crippen LogP contribution is -2.40. The van der Waals surface area contributed by atoms with Crippen LogP contribution in [-0.4, -0.2) is 53.5 Å². The number of anilines is 2. The number of hydrogen-bond acceptors (Lipinski definition) is 5. The van der Waals surface area contributed by atoms with Crippen molar-refractivity contribution in [1.29, 1.82) is 0 Å². The van der Waals surface area contributed by atoms with Gasteiger partial charge in [0.2, 0.25) is 11.9 Å². The predicted octanol–water partition coefficient (Wildman–Crippen LogP) is 3.19. The van der Waals surface area contributed by atoms with E-state index >= 15 is 0 Å². The van der Waals surface area contributed by atoms with Crippen LogP contribution >= 0.6 is 0 Å². The number of hydrogen-bond donors (Lipinski definition) is 0. The summed E-state index contributed by atoms with van der Waals surface area (Å²) in [6.45, 7) is 5.60. The summed E-state index contributed by atoms with van der Waals surface area (Å²) in [6.07, 6.45) is 7.46. The lowest BCUT2D eigenvalue weighted by Gasteiger charge is -2.35. The molecule has 1 aromatic carbocycles. The van der Waals surface area contributed by atoms with Crippen molar-refractivity contribution in [3.8, 4) is 0 Å². The normalized spacial score (nSPS) is 19.1. The van der Waals surface area contributed by atoms with Crippen molar-refractivity contribution in [2.45, 2.75) is 51.5 Å². The minimum Gasteiger partial charge on any atom is -0.356 e. The van der Waals surface area contributed by atoms with E-state index < -0.39 is 0 Å². The number of amides is 1. The van der Waals surface area contributed by atoms with Gasteiger partial charge in [-0.25, -0.2) is 4.98 Å². The Hall–Kier alpha value is -2.63. The van der Waals surface area contributed by atoms with Crippen LogP contribution in [0.4, 0.5) is 11.8 Å². The molecule has 158 valence electrons. The van der Waals surface area contributed by atoms with Crippen LogP contribution < -0.4 is 9.80 Å². The summed E-state index contributed by atoms with van der Waals surface area (Å²) in [6, 6.07) is 10.0. The molecule has 0 atom stereocenters. The molecule has 3 aliphatic heterocycles. The molecule has 1 aromatic heterocycles. The number of piperidine rings is 1. The van der Waals surface area contributed by atoms with E-state index in [-0.39, 0.29) is 5.91 Å². The van der Waals surface area contributed by atoms with Gasteiger partial charge in [0.05, 0.1) is 18.7 Å². The molecule has 2 aromatic rings. The molecule has 1 amide bonds. The van der Waals surface area contributed by atoms with Crippen molar-refractivity contribution in [2.24, 2.45) is 0 Å². The molecule has 0 radical (unpaired) electrons. The van der Waals surface area contributed by atoms with Gasteiger partial charge in [0.1, 0.15) is 5.82 Å². The summed E-state index contributed by atoms with van der Waals surface area (Å²) in [4.78, 5) is 29.8. The molecule has 0 aliphatic carbocycles. The molecule has 6 nitrogen and oxygen atoms in total. The number of aromatic nitrogens is 2. The molecule has 0 unspecified atom stereocenters. The number of nitrogens with zero attached hydrogens (tertiary/aromatic N) is 5. The lowest BCUT2D eigenvalue weighted by molar-refractivity contribution is -0.131. The molecule has 0 N–H and O–H groups in total. The highest BCUT2D eigenvalue weighted by atomic mass is 16.2. The second-order valence-corrected chi connectivity index (χ2v) is 8.74. The molecule has 3 aliphatic rings. The van der Waals surface area contributed by atoms with Gasteiger partial charge in [0, 0.05) is 44.7 Å². The molecule has 5 rings (SSSR count). The Morgan fingerprint density at radius 3 is 2.30 bits per heavy atom.